The molecule has 0 amide bonds. The molecule has 19 heavy (non-hydrogen) atoms. The molecule has 1 aromatic carbocycles. The average molecular weight is 262 g/mol. The number of unbranched alkanes of at least 4 members (excludes halogenated alkanes) is 4. The highest BCUT2D eigenvalue weighted by molar-refractivity contribution is 5.70. The van der Waals surface area contributed by atoms with Crippen molar-refractivity contribution in [2.75, 3.05) is 0 Å². The maximum atomic E-state index is 11.4. The molecule has 0 bridgehead atoms. The van der Waals surface area contributed by atoms with Gasteiger partial charge in [0.1, 0.15) is 5.75 Å². The summed E-state index contributed by atoms with van der Waals surface area (Å²) in [6.45, 7) is 2.17. The number of ether oxygens (including phenoxy) is 1. The van der Waals surface area contributed by atoms with E-state index in [0.29, 0.717) is 6.42 Å². The molecule has 0 fully saturated rings. The van der Waals surface area contributed by atoms with Crippen LogP contribution in [0, 0.1) is 0 Å². The van der Waals surface area contributed by atoms with Gasteiger partial charge in [-0.25, -0.2) is 0 Å². The van der Waals surface area contributed by atoms with Crippen LogP contribution in [0.25, 0.3) is 6.08 Å². The predicted molar refractivity (Wildman–Crippen MR) is 76.6 cm³/mol. The third kappa shape index (κ3) is 7.29. The van der Waals surface area contributed by atoms with E-state index in [1.54, 1.807) is 30.3 Å². The molecule has 0 saturated carbocycles. The lowest BCUT2D eigenvalue weighted by molar-refractivity contribution is -0.138. The second kappa shape index (κ2) is 9.20. The van der Waals surface area contributed by atoms with Crippen molar-refractivity contribution in [3.05, 3.63) is 36.1 Å². The summed E-state index contributed by atoms with van der Waals surface area (Å²) in [5, 5.41) is 9.12. The Morgan fingerprint density at radius 1 is 1.16 bits per heavy atom. The molecule has 0 aliphatic heterocycles. The highest BCUT2D eigenvalue weighted by Gasteiger charge is 2.00. The molecule has 0 unspecified atom stereocenters. The number of hydrogen-bond acceptors (Lipinski definition) is 3. The van der Waals surface area contributed by atoms with Crippen molar-refractivity contribution in [3.8, 4) is 5.75 Å². The van der Waals surface area contributed by atoms with E-state index >= 15 is 0 Å². The number of carbonyl (C=O) groups is 1. The maximum Gasteiger partial charge on any atom is 0.310 e. The van der Waals surface area contributed by atoms with Gasteiger partial charge in [0.05, 0.1) is 6.26 Å². The van der Waals surface area contributed by atoms with Crippen LogP contribution in [0.3, 0.4) is 0 Å². The summed E-state index contributed by atoms with van der Waals surface area (Å²) < 4.78 is 5.00. The second-order valence-corrected chi connectivity index (χ2v) is 4.55. The number of esters is 1. The Bertz CT molecular complexity index is 393. The van der Waals surface area contributed by atoms with Crippen LogP contribution in [0.1, 0.15) is 51.0 Å². The first-order valence-corrected chi connectivity index (χ1v) is 6.87. The quantitative estimate of drug-likeness (QED) is 0.432. The molecule has 0 aliphatic rings. The summed E-state index contributed by atoms with van der Waals surface area (Å²) in [4.78, 5) is 11.4. The molecule has 1 aromatic rings. The Morgan fingerprint density at radius 2 is 1.84 bits per heavy atom. The van der Waals surface area contributed by atoms with Gasteiger partial charge in [-0.2, -0.15) is 0 Å². The lowest BCUT2D eigenvalue weighted by atomic mass is 10.1. The van der Waals surface area contributed by atoms with E-state index in [2.05, 4.69) is 6.92 Å². The third-order valence-corrected chi connectivity index (χ3v) is 2.84. The van der Waals surface area contributed by atoms with Crippen LogP contribution in [0.4, 0.5) is 0 Å². The number of aromatic hydroxyl groups is 1. The molecule has 3 nitrogen and oxygen atoms in total. The molecule has 0 heterocycles. The number of carbonyl (C=O) groups excluding carboxylic acids is 1. The summed E-state index contributed by atoms with van der Waals surface area (Å²) in [6.07, 6.45) is 9.19. The van der Waals surface area contributed by atoms with Gasteiger partial charge >= 0.3 is 5.97 Å². The number of phenolic OH excluding ortho intramolecular Hbond substituents is 1. The fourth-order valence-corrected chi connectivity index (χ4v) is 1.71. The first-order valence-electron chi connectivity index (χ1n) is 6.87. The molecular weight excluding hydrogens is 240 g/mol. The van der Waals surface area contributed by atoms with Crippen molar-refractivity contribution in [3.63, 3.8) is 0 Å². The highest BCUT2D eigenvalue weighted by Crippen LogP contribution is 2.11. The van der Waals surface area contributed by atoms with Gasteiger partial charge in [0.25, 0.3) is 0 Å². The zero-order chi connectivity index (χ0) is 13.9. The SMILES string of the molecule is CCCCCCCC(=O)OC=Cc1ccc(O)cc1. The van der Waals surface area contributed by atoms with Gasteiger partial charge in [-0.05, 0) is 30.2 Å². The predicted octanol–water partition coefficient (Wildman–Crippen LogP) is 4.27. The lowest BCUT2D eigenvalue weighted by Gasteiger charge is -2.00. The summed E-state index contributed by atoms with van der Waals surface area (Å²) in [5.74, 6) is 0.0350. The van der Waals surface area contributed by atoms with Crippen LogP contribution in [-0.2, 0) is 9.53 Å². The third-order valence-electron chi connectivity index (χ3n) is 2.84. The van der Waals surface area contributed by atoms with Crippen LogP contribution in [0.5, 0.6) is 5.75 Å². The number of phenols is 1. The first kappa shape index (κ1) is 15.3. The van der Waals surface area contributed by atoms with Crippen molar-refractivity contribution in [2.24, 2.45) is 0 Å². The Kier molecular flexibility index (Phi) is 7.40. The largest absolute Gasteiger partial charge is 0.508 e. The van der Waals surface area contributed by atoms with Crippen molar-refractivity contribution in [2.45, 2.75) is 45.4 Å². The first-order chi connectivity index (χ1) is 9.22. The fraction of sp³-hybridized carbons (Fsp3) is 0.438. The van der Waals surface area contributed by atoms with Gasteiger partial charge in [-0.1, -0.05) is 44.7 Å². The molecule has 0 aromatic heterocycles. The Morgan fingerprint density at radius 3 is 2.53 bits per heavy atom. The number of rotatable bonds is 8. The fourth-order valence-electron chi connectivity index (χ4n) is 1.71. The standard InChI is InChI=1S/C16H22O3/c1-2-3-4-5-6-7-16(18)19-13-12-14-8-10-15(17)11-9-14/h8-13,17H,2-7H2,1H3. The average Bonchev–Trinajstić information content (AvgIpc) is 2.41. The Hall–Kier alpha value is -1.77. The van der Waals surface area contributed by atoms with E-state index in [9.17, 15) is 4.79 Å². The van der Waals surface area contributed by atoms with Gasteiger partial charge in [0.15, 0.2) is 0 Å². The topological polar surface area (TPSA) is 46.5 Å². The van der Waals surface area contributed by atoms with Gasteiger partial charge in [0.2, 0.25) is 0 Å². The van der Waals surface area contributed by atoms with E-state index in [0.717, 1.165) is 18.4 Å². The minimum Gasteiger partial charge on any atom is -0.508 e. The van der Waals surface area contributed by atoms with Gasteiger partial charge in [-0.3, -0.25) is 4.79 Å². The normalized spacial score (nSPS) is 10.8. The number of benzene rings is 1. The minimum atomic E-state index is -0.188. The Balaban J connectivity index is 2.17. The van der Waals surface area contributed by atoms with E-state index in [-0.39, 0.29) is 11.7 Å². The monoisotopic (exact) mass is 262 g/mol. The van der Waals surface area contributed by atoms with E-state index in [1.165, 1.54) is 25.5 Å². The maximum absolute atomic E-state index is 11.4. The highest BCUT2D eigenvalue weighted by atomic mass is 16.5. The molecule has 0 saturated heterocycles. The van der Waals surface area contributed by atoms with Crippen LogP contribution in [0.15, 0.2) is 30.5 Å². The minimum absolute atomic E-state index is 0.188. The molecule has 0 radical (unpaired) electrons. The van der Waals surface area contributed by atoms with E-state index < -0.39 is 0 Å². The van der Waals surface area contributed by atoms with Crippen molar-refractivity contribution in [1.29, 1.82) is 0 Å². The van der Waals surface area contributed by atoms with Gasteiger partial charge in [0, 0.05) is 6.42 Å². The number of hydrogen-bond donors (Lipinski definition) is 1. The van der Waals surface area contributed by atoms with E-state index in [1.807, 2.05) is 0 Å². The summed E-state index contributed by atoms with van der Waals surface area (Å²) >= 11 is 0. The molecule has 3 heteroatoms. The molecule has 0 aliphatic carbocycles. The van der Waals surface area contributed by atoms with Crippen LogP contribution in [0.2, 0.25) is 0 Å². The van der Waals surface area contributed by atoms with Crippen molar-refractivity contribution in [1.82, 2.24) is 0 Å². The van der Waals surface area contributed by atoms with Crippen molar-refractivity contribution < 1.29 is 14.6 Å². The second-order valence-electron chi connectivity index (χ2n) is 4.55. The molecular formula is C16H22O3. The van der Waals surface area contributed by atoms with Gasteiger partial charge < -0.3 is 9.84 Å². The zero-order valence-electron chi connectivity index (χ0n) is 11.5. The van der Waals surface area contributed by atoms with E-state index in [4.69, 9.17) is 9.84 Å². The molecule has 0 atom stereocenters. The smallest absolute Gasteiger partial charge is 0.310 e. The zero-order valence-corrected chi connectivity index (χ0v) is 11.5. The molecule has 104 valence electrons. The van der Waals surface area contributed by atoms with Crippen LogP contribution < -0.4 is 0 Å². The molecule has 1 rings (SSSR count). The van der Waals surface area contributed by atoms with Crippen LogP contribution >= 0.6 is 0 Å². The van der Waals surface area contributed by atoms with Crippen LogP contribution in [-0.4, -0.2) is 11.1 Å². The Labute approximate surface area is 114 Å². The summed E-state index contributed by atoms with van der Waals surface area (Å²) in [5.41, 5.74) is 0.883. The lowest BCUT2D eigenvalue weighted by Crippen LogP contribution is -1.98. The molecule has 1 N–H and O–H groups in total. The summed E-state index contributed by atoms with van der Waals surface area (Å²) in [6, 6.07) is 6.69. The molecule has 0 spiro atoms. The van der Waals surface area contributed by atoms with Gasteiger partial charge in [-0.15, -0.1) is 0 Å². The van der Waals surface area contributed by atoms with Crippen molar-refractivity contribution >= 4 is 12.0 Å². The summed E-state index contributed by atoms with van der Waals surface area (Å²) in [7, 11) is 0.